The number of benzene rings is 2. The van der Waals surface area contributed by atoms with E-state index >= 15 is 0 Å². The van der Waals surface area contributed by atoms with Gasteiger partial charge >= 0.3 is 0 Å². The van der Waals surface area contributed by atoms with Crippen molar-refractivity contribution in [3.8, 4) is 11.4 Å². The highest BCUT2D eigenvalue weighted by molar-refractivity contribution is 5.92. The van der Waals surface area contributed by atoms with Crippen molar-refractivity contribution in [1.82, 2.24) is 9.78 Å². The molecular formula is C21H23N3O3. The number of rotatable bonds is 8. The van der Waals surface area contributed by atoms with Gasteiger partial charge in [0.05, 0.1) is 29.4 Å². The first-order valence-electron chi connectivity index (χ1n) is 8.82. The standard InChI is InChI=1S/C21H23N3O3/c1-16-21(17(2)24(23-16)18-9-5-3-6-10-18)22-20(25)15-26-13-14-27-19-11-7-4-8-12-19/h3-12H,13-15H2,1-2H3,(H,22,25). The van der Waals surface area contributed by atoms with Crippen LogP contribution in [0.4, 0.5) is 5.69 Å². The van der Waals surface area contributed by atoms with E-state index in [0.29, 0.717) is 18.9 Å². The Bertz CT molecular complexity index is 876. The molecule has 3 aromatic rings. The number of nitrogens with one attached hydrogen (secondary N) is 1. The molecule has 0 radical (unpaired) electrons. The van der Waals surface area contributed by atoms with Gasteiger partial charge in [0.1, 0.15) is 19.0 Å². The van der Waals surface area contributed by atoms with Crippen molar-refractivity contribution >= 4 is 11.6 Å². The molecule has 0 aliphatic heterocycles. The molecule has 0 aliphatic carbocycles. The number of aromatic nitrogens is 2. The van der Waals surface area contributed by atoms with E-state index in [0.717, 1.165) is 22.8 Å². The van der Waals surface area contributed by atoms with E-state index in [9.17, 15) is 4.79 Å². The van der Waals surface area contributed by atoms with Gasteiger partial charge in [-0.1, -0.05) is 36.4 Å². The third-order valence-electron chi connectivity index (χ3n) is 4.03. The van der Waals surface area contributed by atoms with E-state index in [4.69, 9.17) is 9.47 Å². The third-order valence-corrected chi connectivity index (χ3v) is 4.03. The summed E-state index contributed by atoms with van der Waals surface area (Å²) >= 11 is 0. The highest BCUT2D eigenvalue weighted by Crippen LogP contribution is 2.22. The normalized spacial score (nSPS) is 10.6. The third kappa shape index (κ3) is 4.95. The molecule has 0 saturated carbocycles. The van der Waals surface area contributed by atoms with Crippen LogP contribution < -0.4 is 10.1 Å². The summed E-state index contributed by atoms with van der Waals surface area (Å²) in [5.74, 6) is 0.568. The minimum Gasteiger partial charge on any atom is -0.491 e. The van der Waals surface area contributed by atoms with Crippen LogP contribution in [-0.2, 0) is 9.53 Å². The molecule has 1 N–H and O–H groups in total. The van der Waals surface area contributed by atoms with Crippen molar-refractivity contribution in [2.75, 3.05) is 25.1 Å². The van der Waals surface area contributed by atoms with E-state index in [1.165, 1.54) is 0 Å². The second-order valence-electron chi connectivity index (χ2n) is 6.06. The number of para-hydroxylation sites is 2. The van der Waals surface area contributed by atoms with Gasteiger partial charge in [0.25, 0.3) is 0 Å². The summed E-state index contributed by atoms with van der Waals surface area (Å²) in [6.45, 7) is 4.49. The summed E-state index contributed by atoms with van der Waals surface area (Å²) < 4.78 is 12.7. The highest BCUT2D eigenvalue weighted by atomic mass is 16.5. The molecule has 6 nitrogen and oxygen atoms in total. The average Bonchev–Trinajstić information content (AvgIpc) is 2.97. The fraction of sp³-hybridized carbons (Fsp3) is 0.238. The van der Waals surface area contributed by atoms with Crippen LogP contribution in [0.2, 0.25) is 0 Å². The zero-order valence-corrected chi connectivity index (χ0v) is 15.5. The van der Waals surface area contributed by atoms with Gasteiger partial charge in [-0.25, -0.2) is 4.68 Å². The van der Waals surface area contributed by atoms with Crippen LogP contribution in [0.15, 0.2) is 60.7 Å². The molecule has 6 heteroatoms. The second-order valence-corrected chi connectivity index (χ2v) is 6.06. The summed E-state index contributed by atoms with van der Waals surface area (Å²) in [4.78, 5) is 12.2. The van der Waals surface area contributed by atoms with Crippen molar-refractivity contribution in [2.24, 2.45) is 0 Å². The molecule has 0 aliphatic rings. The number of hydrogen-bond donors (Lipinski definition) is 1. The zero-order chi connectivity index (χ0) is 19.1. The van der Waals surface area contributed by atoms with E-state index in [-0.39, 0.29) is 12.5 Å². The Balaban J connectivity index is 1.49. The molecule has 0 saturated heterocycles. The van der Waals surface area contributed by atoms with Gasteiger partial charge in [0, 0.05) is 0 Å². The second kappa shape index (κ2) is 9.00. The SMILES string of the molecule is Cc1nn(-c2ccccc2)c(C)c1NC(=O)COCCOc1ccccc1. The highest BCUT2D eigenvalue weighted by Gasteiger charge is 2.15. The van der Waals surface area contributed by atoms with Gasteiger partial charge < -0.3 is 14.8 Å². The Morgan fingerprint density at radius 1 is 1.00 bits per heavy atom. The van der Waals surface area contributed by atoms with Crippen LogP contribution in [0.25, 0.3) is 5.69 Å². The molecule has 140 valence electrons. The first-order valence-corrected chi connectivity index (χ1v) is 8.82. The Morgan fingerprint density at radius 2 is 1.67 bits per heavy atom. The van der Waals surface area contributed by atoms with Gasteiger partial charge in [0.2, 0.25) is 5.91 Å². The fourth-order valence-corrected chi connectivity index (χ4v) is 2.72. The molecule has 27 heavy (non-hydrogen) atoms. The maximum absolute atomic E-state index is 12.2. The fourth-order valence-electron chi connectivity index (χ4n) is 2.72. The molecule has 0 fully saturated rings. The first-order chi connectivity index (χ1) is 13.1. The minimum absolute atomic E-state index is 0.0342. The summed E-state index contributed by atoms with van der Waals surface area (Å²) in [7, 11) is 0. The predicted octanol–water partition coefficient (Wildman–Crippen LogP) is 3.52. The van der Waals surface area contributed by atoms with Crippen molar-refractivity contribution in [3.63, 3.8) is 0 Å². The molecular weight excluding hydrogens is 342 g/mol. The smallest absolute Gasteiger partial charge is 0.250 e. The lowest BCUT2D eigenvalue weighted by Gasteiger charge is -2.09. The number of aryl methyl sites for hydroxylation is 1. The topological polar surface area (TPSA) is 65.4 Å². The number of carbonyl (C=O) groups is 1. The van der Waals surface area contributed by atoms with Crippen LogP contribution in [-0.4, -0.2) is 35.5 Å². The molecule has 1 amide bonds. The number of hydrogen-bond acceptors (Lipinski definition) is 4. The molecule has 0 bridgehead atoms. The van der Waals surface area contributed by atoms with Crippen molar-refractivity contribution < 1.29 is 14.3 Å². The van der Waals surface area contributed by atoms with E-state index in [1.807, 2.05) is 79.2 Å². The average molecular weight is 365 g/mol. The monoisotopic (exact) mass is 365 g/mol. The van der Waals surface area contributed by atoms with Crippen molar-refractivity contribution in [3.05, 3.63) is 72.1 Å². The van der Waals surface area contributed by atoms with Crippen LogP contribution in [0.5, 0.6) is 5.75 Å². The lowest BCUT2D eigenvalue weighted by atomic mass is 10.3. The molecule has 0 spiro atoms. The molecule has 3 rings (SSSR count). The van der Waals surface area contributed by atoms with Crippen LogP contribution in [0, 0.1) is 13.8 Å². The van der Waals surface area contributed by atoms with Gasteiger partial charge in [-0.3, -0.25) is 4.79 Å². The van der Waals surface area contributed by atoms with Gasteiger partial charge in [-0.15, -0.1) is 0 Å². The maximum atomic E-state index is 12.2. The number of amides is 1. The van der Waals surface area contributed by atoms with E-state index in [2.05, 4.69) is 10.4 Å². The van der Waals surface area contributed by atoms with E-state index < -0.39 is 0 Å². The van der Waals surface area contributed by atoms with Gasteiger partial charge in [0.15, 0.2) is 0 Å². The van der Waals surface area contributed by atoms with Gasteiger partial charge in [-0.05, 0) is 38.1 Å². The number of carbonyl (C=O) groups excluding carboxylic acids is 1. The lowest BCUT2D eigenvalue weighted by molar-refractivity contribution is -0.120. The van der Waals surface area contributed by atoms with Crippen LogP contribution >= 0.6 is 0 Å². The molecule has 1 heterocycles. The molecule has 0 atom stereocenters. The van der Waals surface area contributed by atoms with Crippen LogP contribution in [0.1, 0.15) is 11.4 Å². The Labute approximate surface area is 158 Å². The molecule has 1 aromatic heterocycles. The summed E-state index contributed by atoms with van der Waals surface area (Å²) in [6, 6.07) is 19.3. The maximum Gasteiger partial charge on any atom is 0.250 e. The molecule has 0 unspecified atom stereocenters. The number of anilines is 1. The summed E-state index contributed by atoms with van der Waals surface area (Å²) in [5.41, 5.74) is 3.30. The zero-order valence-electron chi connectivity index (χ0n) is 15.5. The number of ether oxygens (including phenoxy) is 2. The Morgan fingerprint density at radius 3 is 2.37 bits per heavy atom. The quantitative estimate of drug-likeness (QED) is 0.620. The Hall–Kier alpha value is -3.12. The van der Waals surface area contributed by atoms with E-state index in [1.54, 1.807) is 0 Å². The van der Waals surface area contributed by atoms with Crippen molar-refractivity contribution in [2.45, 2.75) is 13.8 Å². The van der Waals surface area contributed by atoms with Crippen molar-refractivity contribution in [1.29, 1.82) is 0 Å². The first kappa shape index (κ1) is 18.7. The predicted molar refractivity (Wildman–Crippen MR) is 104 cm³/mol. The lowest BCUT2D eigenvalue weighted by Crippen LogP contribution is -2.21. The summed E-state index contributed by atoms with van der Waals surface area (Å²) in [6.07, 6.45) is 0. The summed E-state index contributed by atoms with van der Waals surface area (Å²) in [5, 5.41) is 7.41. The minimum atomic E-state index is -0.214. The Kier molecular flexibility index (Phi) is 6.22. The van der Waals surface area contributed by atoms with Gasteiger partial charge in [-0.2, -0.15) is 5.10 Å². The number of nitrogens with zero attached hydrogens (tertiary/aromatic N) is 2. The van der Waals surface area contributed by atoms with Crippen LogP contribution in [0.3, 0.4) is 0 Å². The largest absolute Gasteiger partial charge is 0.491 e. The molecule has 2 aromatic carbocycles.